The highest BCUT2D eigenvalue weighted by molar-refractivity contribution is 7.80. The van der Waals surface area contributed by atoms with Crippen molar-refractivity contribution < 1.29 is 0 Å². The third kappa shape index (κ3) is 1.86. The van der Waals surface area contributed by atoms with Gasteiger partial charge in [-0.3, -0.25) is 5.01 Å². The van der Waals surface area contributed by atoms with Crippen LogP contribution in [0.5, 0.6) is 0 Å². The van der Waals surface area contributed by atoms with E-state index in [0.29, 0.717) is 10.0 Å². The van der Waals surface area contributed by atoms with Crippen LogP contribution in [0.4, 0.5) is 0 Å². The molecule has 1 saturated heterocycles. The van der Waals surface area contributed by atoms with Crippen LogP contribution in [0.25, 0.3) is 0 Å². The highest BCUT2D eigenvalue weighted by Crippen LogP contribution is 2.33. The van der Waals surface area contributed by atoms with Crippen LogP contribution in [-0.4, -0.2) is 29.1 Å². The Morgan fingerprint density at radius 3 is 2.56 bits per heavy atom. The van der Waals surface area contributed by atoms with Crippen molar-refractivity contribution in [2.75, 3.05) is 14.1 Å². The van der Waals surface area contributed by atoms with Gasteiger partial charge >= 0.3 is 0 Å². The lowest BCUT2D eigenvalue weighted by Gasteiger charge is -2.20. The fraction of sp³-hybridized carbons (Fsp3) is 0.300. The molecule has 0 aromatic heterocycles. The Labute approximate surface area is 110 Å². The van der Waals surface area contributed by atoms with E-state index in [1.165, 1.54) is 0 Å². The van der Waals surface area contributed by atoms with Crippen LogP contribution < -0.4 is 5.43 Å². The number of nitrogens with one attached hydrogen (secondary N) is 1. The number of hydrogen-bond acceptors (Lipinski definition) is 2. The molecule has 1 atom stereocenters. The first-order valence-corrected chi connectivity index (χ1v) is 5.89. The van der Waals surface area contributed by atoms with E-state index in [9.17, 15) is 0 Å². The van der Waals surface area contributed by atoms with E-state index in [4.69, 9.17) is 35.4 Å². The summed E-state index contributed by atoms with van der Waals surface area (Å²) in [6.07, 6.45) is -0.0660. The molecule has 1 unspecified atom stereocenters. The number of nitrogens with zero attached hydrogens (tertiary/aromatic N) is 2. The lowest BCUT2D eigenvalue weighted by atomic mass is 10.1. The second kappa shape index (κ2) is 4.37. The minimum Gasteiger partial charge on any atom is -0.330 e. The average Bonchev–Trinajstić information content (AvgIpc) is 2.50. The Balaban J connectivity index is 2.39. The van der Waals surface area contributed by atoms with E-state index >= 15 is 0 Å². The van der Waals surface area contributed by atoms with Gasteiger partial charge in [-0.05, 0) is 18.3 Å². The maximum Gasteiger partial charge on any atom is 0.187 e. The van der Waals surface area contributed by atoms with Crippen molar-refractivity contribution in [3.63, 3.8) is 0 Å². The molecular formula is C10H11Cl2N3S. The lowest BCUT2D eigenvalue weighted by Crippen LogP contribution is -2.30. The standard InChI is InChI=1S/C10H11Cl2N3S/c1-14-9(13-15(2)10(14)16)6-4-3-5-7(11)8(6)12/h3-5,9,13H,1-2H3. The molecule has 6 heteroatoms. The summed E-state index contributed by atoms with van der Waals surface area (Å²) in [7, 11) is 3.79. The van der Waals surface area contributed by atoms with Gasteiger partial charge in [0.1, 0.15) is 6.17 Å². The highest BCUT2D eigenvalue weighted by atomic mass is 35.5. The number of benzene rings is 1. The molecule has 0 amide bonds. The molecule has 1 N–H and O–H groups in total. The molecule has 86 valence electrons. The molecule has 16 heavy (non-hydrogen) atoms. The SMILES string of the molecule is CN1NC(c2cccc(Cl)c2Cl)N(C)C1=S. The number of hydrogen-bond donors (Lipinski definition) is 1. The van der Waals surface area contributed by atoms with Crippen LogP contribution in [-0.2, 0) is 0 Å². The summed E-state index contributed by atoms with van der Waals surface area (Å²) in [6.45, 7) is 0. The molecule has 0 saturated carbocycles. The first kappa shape index (κ1) is 11.9. The normalized spacial score (nSPS) is 20.8. The molecule has 0 spiro atoms. The second-order valence-electron chi connectivity index (χ2n) is 3.63. The maximum atomic E-state index is 6.17. The van der Waals surface area contributed by atoms with Crippen LogP contribution >= 0.6 is 35.4 Å². The predicted octanol–water partition coefficient (Wildman–Crippen LogP) is 2.66. The fourth-order valence-corrected chi connectivity index (χ4v) is 2.25. The number of halogens is 2. The highest BCUT2D eigenvalue weighted by Gasteiger charge is 2.31. The zero-order valence-electron chi connectivity index (χ0n) is 8.87. The van der Waals surface area contributed by atoms with Gasteiger partial charge in [0.05, 0.1) is 10.0 Å². The summed E-state index contributed by atoms with van der Waals surface area (Å²) in [5, 5.41) is 3.62. The molecule has 1 aromatic rings. The molecule has 0 radical (unpaired) electrons. The van der Waals surface area contributed by atoms with Crippen molar-refractivity contribution in [2.45, 2.75) is 6.17 Å². The van der Waals surface area contributed by atoms with Crippen molar-refractivity contribution in [1.29, 1.82) is 0 Å². The van der Waals surface area contributed by atoms with Gasteiger partial charge in [-0.25, -0.2) is 5.43 Å². The van der Waals surface area contributed by atoms with Crippen molar-refractivity contribution in [1.82, 2.24) is 15.3 Å². The molecule has 1 aliphatic heterocycles. The zero-order chi connectivity index (χ0) is 11.9. The van der Waals surface area contributed by atoms with Gasteiger partial charge in [-0.2, -0.15) is 0 Å². The third-order valence-electron chi connectivity index (χ3n) is 2.57. The molecule has 1 aromatic carbocycles. The summed E-state index contributed by atoms with van der Waals surface area (Å²) in [6, 6.07) is 5.58. The van der Waals surface area contributed by atoms with Crippen molar-refractivity contribution in [3.05, 3.63) is 33.8 Å². The van der Waals surface area contributed by atoms with Crippen molar-refractivity contribution in [3.8, 4) is 0 Å². The number of thiocarbonyl (C=S) groups is 1. The summed E-state index contributed by atoms with van der Waals surface area (Å²) >= 11 is 17.4. The largest absolute Gasteiger partial charge is 0.330 e. The second-order valence-corrected chi connectivity index (χ2v) is 4.78. The van der Waals surface area contributed by atoms with Crippen LogP contribution in [0.3, 0.4) is 0 Å². The Morgan fingerprint density at radius 2 is 2.00 bits per heavy atom. The van der Waals surface area contributed by atoms with E-state index in [-0.39, 0.29) is 6.17 Å². The van der Waals surface area contributed by atoms with Gasteiger partial charge in [0.25, 0.3) is 0 Å². The van der Waals surface area contributed by atoms with Gasteiger partial charge in [0.15, 0.2) is 5.11 Å². The van der Waals surface area contributed by atoms with Crippen LogP contribution in [0, 0.1) is 0 Å². The van der Waals surface area contributed by atoms with Crippen molar-refractivity contribution >= 4 is 40.5 Å². The smallest absolute Gasteiger partial charge is 0.187 e. The molecule has 0 bridgehead atoms. The first-order chi connectivity index (χ1) is 7.52. The third-order valence-corrected chi connectivity index (χ3v) is 3.96. The first-order valence-electron chi connectivity index (χ1n) is 4.73. The molecule has 2 rings (SSSR count). The Bertz CT molecular complexity index is 438. The molecule has 1 aliphatic rings. The van der Waals surface area contributed by atoms with Crippen molar-refractivity contribution in [2.24, 2.45) is 0 Å². The summed E-state index contributed by atoms with van der Waals surface area (Å²) in [5.41, 5.74) is 4.13. The van der Waals surface area contributed by atoms with Gasteiger partial charge in [0.2, 0.25) is 0 Å². The summed E-state index contributed by atoms with van der Waals surface area (Å²) in [5.74, 6) is 0. The van der Waals surface area contributed by atoms with Gasteiger partial charge < -0.3 is 4.90 Å². The topological polar surface area (TPSA) is 18.5 Å². The molecule has 3 nitrogen and oxygen atoms in total. The van der Waals surface area contributed by atoms with E-state index in [1.807, 2.05) is 31.1 Å². The minimum absolute atomic E-state index is 0.0660. The number of rotatable bonds is 1. The van der Waals surface area contributed by atoms with E-state index in [2.05, 4.69) is 5.43 Å². The average molecular weight is 276 g/mol. The van der Waals surface area contributed by atoms with Gasteiger partial charge in [-0.1, -0.05) is 35.3 Å². The van der Waals surface area contributed by atoms with Crippen LogP contribution in [0.1, 0.15) is 11.7 Å². The maximum absolute atomic E-state index is 6.17. The fourth-order valence-electron chi connectivity index (χ4n) is 1.68. The lowest BCUT2D eigenvalue weighted by molar-refractivity contribution is 0.306. The monoisotopic (exact) mass is 275 g/mol. The van der Waals surface area contributed by atoms with Crippen LogP contribution in [0.15, 0.2) is 18.2 Å². The molecular weight excluding hydrogens is 265 g/mol. The van der Waals surface area contributed by atoms with Gasteiger partial charge in [0, 0.05) is 19.7 Å². The van der Waals surface area contributed by atoms with Gasteiger partial charge in [-0.15, -0.1) is 0 Å². The molecule has 1 heterocycles. The Morgan fingerprint density at radius 1 is 1.31 bits per heavy atom. The Hall–Kier alpha value is -0.550. The molecule has 1 fully saturated rings. The van der Waals surface area contributed by atoms with E-state index in [0.717, 1.165) is 10.7 Å². The van der Waals surface area contributed by atoms with E-state index < -0.39 is 0 Å². The molecule has 0 aliphatic carbocycles. The van der Waals surface area contributed by atoms with Crippen LogP contribution in [0.2, 0.25) is 10.0 Å². The summed E-state index contributed by atoms with van der Waals surface area (Å²) in [4.78, 5) is 1.94. The number of hydrazine groups is 1. The van der Waals surface area contributed by atoms with E-state index in [1.54, 1.807) is 11.1 Å². The quantitative estimate of drug-likeness (QED) is 0.794. The zero-order valence-corrected chi connectivity index (χ0v) is 11.2. The Kier molecular flexibility index (Phi) is 3.26. The minimum atomic E-state index is -0.0660. The predicted molar refractivity (Wildman–Crippen MR) is 70.5 cm³/mol. The summed E-state index contributed by atoms with van der Waals surface area (Å²) < 4.78 is 0.